The van der Waals surface area contributed by atoms with E-state index in [9.17, 15) is 9.59 Å². The minimum absolute atomic E-state index is 0.0929. The molecule has 0 aliphatic heterocycles. The van der Waals surface area contributed by atoms with Crippen molar-refractivity contribution in [1.29, 1.82) is 0 Å². The van der Waals surface area contributed by atoms with E-state index in [2.05, 4.69) is 4.74 Å². The molecule has 2 N–H and O–H groups in total. The summed E-state index contributed by atoms with van der Waals surface area (Å²) < 4.78 is 14.7. The number of hydrogen-bond donors (Lipinski definition) is 1. The van der Waals surface area contributed by atoms with Gasteiger partial charge >= 0.3 is 5.97 Å². The van der Waals surface area contributed by atoms with Crippen molar-refractivity contribution in [3.63, 3.8) is 0 Å². The summed E-state index contributed by atoms with van der Waals surface area (Å²) in [5.74, 6) is 0.258. The van der Waals surface area contributed by atoms with Crippen LogP contribution in [-0.4, -0.2) is 39.1 Å². The molecule has 0 spiro atoms. The summed E-state index contributed by atoms with van der Waals surface area (Å²) in [6, 6.07) is 4.10. The molecule has 6 nitrogen and oxygen atoms in total. The smallest absolute Gasteiger partial charge is 0.305 e. The van der Waals surface area contributed by atoms with E-state index in [1.807, 2.05) is 0 Å². The van der Waals surface area contributed by atoms with Gasteiger partial charge in [-0.2, -0.15) is 0 Å². The molecule has 0 heterocycles. The predicted molar refractivity (Wildman–Crippen MR) is 73.1 cm³/mol. The van der Waals surface area contributed by atoms with Crippen molar-refractivity contribution in [2.75, 3.05) is 21.3 Å². The van der Waals surface area contributed by atoms with Crippen LogP contribution < -0.4 is 15.2 Å². The number of Topliss-reactive ketones (excluding diaryl/α,β-unsaturated/α-hetero) is 1. The lowest BCUT2D eigenvalue weighted by atomic mass is 10.00. The number of nitrogens with two attached hydrogens (primary N) is 1. The van der Waals surface area contributed by atoms with Gasteiger partial charge < -0.3 is 19.9 Å². The molecule has 6 heteroatoms. The summed E-state index contributed by atoms with van der Waals surface area (Å²) in [6.45, 7) is 0. The summed E-state index contributed by atoms with van der Waals surface area (Å²) in [6.07, 6.45) is 0.307. The van der Waals surface area contributed by atoms with Crippen LogP contribution in [-0.2, 0) is 9.53 Å². The van der Waals surface area contributed by atoms with Crippen LogP contribution >= 0.6 is 0 Å². The van der Waals surface area contributed by atoms with Crippen LogP contribution in [0.15, 0.2) is 18.2 Å². The minimum atomic E-state index is -0.796. The van der Waals surface area contributed by atoms with E-state index in [-0.39, 0.29) is 18.6 Å². The summed E-state index contributed by atoms with van der Waals surface area (Å²) in [7, 11) is 4.27. The second-order valence-electron chi connectivity index (χ2n) is 4.15. The normalized spacial score (nSPS) is 11.6. The summed E-state index contributed by atoms with van der Waals surface area (Å²) >= 11 is 0. The molecule has 0 radical (unpaired) electrons. The zero-order valence-electron chi connectivity index (χ0n) is 11.8. The molecule has 20 heavy (non-hydrogen) atoms. The number of methoxy groups -OCH3 is 3. The van der Waals surface area contributed by atoms with Gasteiger partial charge in [-0.3, -0.25) is 9.59 Å². The Balaban J connectivity index is 2.86. The van der Waals surface area contributed by atoms with Crippen molar-refractivity contribution in [3.8, 4) is 11.5 Å². The molecule has 1 atom stereocenters. The van der Waals surface area contributed by atoms with Crippen LogP contribution in [0, 0.1) is 0 Å². The van der Waals surface area contributed by atoms with Crippen molar-refractivity contribution in [1.82, 2.24) is 0 Å². The second-order valence-corrected chi connectivity index (χ2v) is 4.15. The largest absolute Gasteiger partial charge is 0.497 e. The quantitative estimate of drug-likeness (QED) is 0.596. The Kier molecular flexibility index (Phi) is 5.99. The van der Waals surface area contributed by atoms with E-state index >= 15 is 0 Å². The number of hydrogen-bond acceptors (Lipinski definition) is 6. The highest BCUT2D eigenvalue weighted by Crippen LogP contribution is 2.25. The lowest BCUT2D eigenvalue weighted by molar-refractivity contribution is -0.140. The number of ketones is 1. The molecule has 0 aromatic heterocycles. The first-order valence-corrected chi connectivity index (χ1v) is 6.12. The van der Waals surface area contributed by atoms with Gasteiger partial charge in [0.2, 0.25) is 0 Å². The van der Waals surface area contributed by atoms with Crippen LogP contribution in [0.1, 0.15) is 23.2 Å². The summed E-state index contributed by atoms with van der Waals surface area (Å²) in [5.41, 5.74) is 6.15. The Morgan fingerprint density at radius 3 is 2.45 bits per heavy atom. The average molecular weight is 281 g/mol. The molecule has 0 fully saturated rings. The second kappa shape index (κ2) is 7.49. The van der Waals surface area contributed by atoms with E-state index in [1.54, 1.807) is 18.2 Å². The lowest BCUT2D eigenvalue weighted by Crippen LogP contribution is -2.31. The number of carbonyl (C=O) groups excluding carboxylic acids is 2. The molecule has 1 unspecified atom stereocenters. The maximum atomic E-state index is 12.3. The fourth-order valence-corrected chi connectivity index (χ4v) is 1.71. The summed E-state index contributed by atoms with van der Waals surface area (Å²) in [4.78, 5) is 23.3. The molecular weight excluding hydrogens is 262 g/mol. The third-order valence-electron chi connectivity index (χ3n) is 2.90. The van der Waals surface area contributed by atoms with Gasteiger partial charge in [-0.15, -0.1) is 0 Å². The van der Waals surface area contributed by atoms with Gasteiger partial charge in [-0.05, 0) is 24.6 Å². The van der Waals surface area contributed by atoms with Gasteiger partial charge in [0, 0.05) is 6.42 Å². The maximum Gasteiger partial charge on any atom is 0.305 e. The highest BCUT2D eigenvalue weighted by atomic mass is 16.5. The minimum Gasteiger partial charge on any atom is -0.497 e. The first-order valence-electron chi connectivity index (χ1n) is 6.12. The molecule has 0 aliphatic rings. The number of rotatable bonds is 7. The number of esters is 1. The SMILES string of the molecule is COC(=O)CCC(N)C(=O)c1cc(OC)ccc1OC. The van der Waals surface area contributed by atoms with Crippen molar-refractivity contribution in [2.24, 2.45) is 5.73 Å². The van der Waals surface area contributed by atoms with Crippen molar-refractivity contribution < 1.29 is 23.8 Å². The standard InChI is InChI=1S/C14H19NO5/c1-18-9-4-6-12(19-2)10(8-9)14(17)11(15)5-7-13(16)20-3/h4,6,8,11H,5,7,15H2,1-3H3. The molecule has 0 saturated heterocycles. The van der Waals surface area contributed by atoms with Crippen molar-refractivity contribution >= 4 is 11.8 Å². The van der Waals surface area contributed by atoms with Crippen LogP contribution in [0.4, 0.5) is 0 Å². The lowest BCUT2D eigenvalue weighted by Gasteiger charge is -2.13. The molecule has 110 valence electrons. The summed E-state index contributed by atoms with van der Waals surface area (Å²) in [5, 5.41) is 0. The van der Waals surface area contributed by atoms with Crippen LogP contribution in [0.3, 0.4) is 0 Å². The number of carbonyl (C=O) groups is 2. The highest BCUT2D eigenvalue weighted by molar-refractivity contribution is 6.02. The molecular formula is C14H19NO5. The maximum absolute atomic E-state index is 12.3. The first kappa shape index (κ1) is 16.0. The van der Waals surface area contributed by atoms with Gasteiger partial charge in [0.05, 0.1) is 32.9 Å². The molecule has 1 rings (SSSR count). The van der Waals surface area contributed by atoms with Crippen LogP contribution in [0.25, 0.3) is 0 Å². The Morgan fingerprint density at radius 1 is 1.20 bits per heavy atom. The average Bonchev–Trinajstić information content (AvgIpc) is 2.50. The molecule has 0 saturated carbocycles. The van der Waals surface area contributed by atoms with Crippen LogP contribution in [0.2, 0.25) is 0 Å². The van der Waals surface area contributed by atoms with Crippen molar-refractivity contribution in [3.05, 3.63) is 23.8 Å². The van der Waals surface area contributed by atoms with Gasteiger partial charge in [0.25, 0.3) is 0 Å². The zero-order valence-corrected chi connectivity index (χ0v) is 11.8. The van der Waals surface area contributed by atoms with E-state index < -0.39 is 12.0 Å². The highest BCUT2D eigenvalue weighted by Gasteiger charge is 2.21. The molecule has 0 aliphatic carbocycles. The van der Waals surface area contributed by atoms with Gasteiger partial charge in [0.1, 0.15) is 11.5 Å². The Bertz CT molecular complexity index is 486. The number of ether oxygens (including phenoxy) is 3. The van der Waals surface area contributed by atoms with Crippen LogP contribution in [0.5, 0.6) is 11.5 Å². The Hall–Kier alpha value is -2.08. The third-order valence-corrected chi connectivity index (χ3v) is 2.90. The predicted octanol–water partition coefficient (Wildman–Crippen LogP) is 1.17. The fourth-order valence-electron chi connectivity index (χ4n) is 1.71. The van der Waals surface area contributed by atoms with E-state index in [0.717, 1.165) is 0 Å². The molecule has 0 bridgehead atoms. The monoisotopic (exact) mass is 281 g/mol. The third kappa shape index (κ3) is 3.96. The number of benzene rings is 1. The molecule has 0 amide bonds. The topological polar surface area (TPSA) is 87.9 Å². The van der Waals surface area contributed by atoms with E-state index in [0.29, 0.717) is 17.1 Å². The van der Waals surface area contributed by atoms with Gasteiger partial charge in [0.15, 0.2) is 5.78 Å². The molecule has 1 aromatic rings. The zero-order chi connectivity index (χ0) is 15.1. The molecule has 1 aromatic carbocycles. The Labute approximate surface area is 117 Å². The van der Waals surface area contributed by atoms with E-state index in [4.69, 9.17) is 15.2 Å². The Morgan fingerprint density at radius 2 is 1.90 bits per heavy atom. The van der Waals surface area contributed by atoms with Gasteiger partial charge in [-0.25, -0.2) is 0 Å². The fraction of sp³-hybridized carbons (Fsp3) is 0.429. The first-order chi connectivity index (χ1) is 9.53. The van der Waals surface area contributed by atoms with E-state index in [1.165, 1.54) is 21.3 Å². The van der Waals surface area contributed by atoms with Gasteiger partial charge in [-0.1, -0.05) is 0 Å². The van der Waals surface area contributed by atoms with Crippen molar-refractivity contribution in [2.45, 2.75) is 18.9 Å².